The number of benzene rings is 2. The molecule has 0 fully saturated rings. The van der Waals surface area contributed by atoms with Crippen molar-refractivity contribution in [1.82, 2.24) is 4.31 Å². The van der Waals surface area contributed by atoms with Crippen LogP contribution >= 0.6 is 0 Å². The lowest BCUT2D eigenvalue weighted by Gasteiger charge is -2.21. The fraction of sp³-hybridized carbons (Fsp3) is 0.222. The molecule has 0 N–H and O–H groups in total. The Bertz CT molecular complexity index is 789. The van der Waals surface area contributed by atoms with E-state index in [4.69, 9.17) is 9.47 Å². The van der Waals surface area contributed by atoms with Crippen molar-refractivity contribution in [2.45, 2.75) is 4.90 Å². The van der Waals surface area contributed by atoms with E-state index in [1.54, 1.807) is 12.1 Å². The summed E-state index contributed by atoms with van der Waals surface area (Å²) in [5, 5.41) is 0. The molecule has 25 heavy (non-hydrogen) atoms. The van der Waals surface area contributed by atoms with Gasteiger partial charge in [-0.25, -0.2) is 12.8 Å². The lowest BCUT2D eigenvalue weighted by molar-refractivity contribution is 0.279. The van der Waals surface area contributed by atoms with Crippen LogP contribution in [0.4, 0.5) is 4.39 Å². The molecule has 7 heteroatoms. The van der Waals surface area contributed by atoms with Crippen molar-refractivity contribution in [3.63, 3.8) is 0 Å². The second-order valence-corrected chi connectivity index (χ2v) is 7.07. The number of methoxy groups -OCH3 is 1. The molecule has 0 aromatic heterocycles. The molecule has 0 radical (unpaired) electrons. The van der Waals surface area contributed by atoms with Gasteiger partial charge in [0, 0.05) is 13.1 Å². The Kier molecular flexibility index (Phi) is 6.55. The van der Waals surface area contributed by atoms with E-state index in [1.165, 1.54) is 53.9 Å². The zero-order valence-electron chi connectivity index (χ0n) is 13.9. The van der Waals surface area contributed by atoms with Crippen molar-refractivity contribution in [1.29, 1.82) is 0 Å². The third-order valence-corrected chi connectivity index (χ3v) is 5.33. The molecular weight excluding hydrogens is 345 g/mol. The first-order valence-electron chi connectivity index (χ1n) is 7.61. The van der Waals surface area contributed by atoms with E-state index >= 15 is 0 Å². The number of rotatable bonds is 9. The molecule has 0 unspecified atom stereocenters. The van der Waals surface area contributed by atoms with Crippen molar-refractivity contribution in [3.8, 4) is 11.5 Å². The van der Waals surface area contributed by atoms with E-state index < -0.39 is 10.0 Å². The standard InChI is InChI=1S/C18H20FNO4S/c1-3-12-20(13-14-24-17-6-4-15(19)5-7-17)25(21,22)18-10-8-16(23-2)9-11-18/h3-11H,1,12-14H2,2H3. The highest BCUT2D eigenvalue weighted by molar-refractivity contribution is 7.89. The minimum Gasteiger partial charge on any atom is -0.497 e. The Balaban J connectivity index is 2.06. The summed E-state index contributed by atoms with van der Waals surface area (Å²) < 4.78 is 50.1. The topological polar surface area (TPSA) is 55.8 Å². The van der Waals surface area contributed by atoms with Crippen LogP contribution in [0.25, 0.3) is 0 Å². The molecule has 0 aliphatic rings. The van der Waals surface area contributed by atoms with Crippen LogP contribution in [0.1, 0.15) is 0 Å². The fourth-order valence-electron chi connectivity index (χ4n) is 2.15. The van der Waals surface area contributed by atoms with Crippen LogP contribution in [0.2, 0.25) is 0 Å². The summed E-state index contributed by atoms with van der Waals surface area (Å²) in [5.41, 5.74) is 0. The van der Waals surface area contributed by atoms with Crippen LogP contribution in [0.3, 0.4) is 0 Å². The average Bonchev–Trinajstić information content (AvgIpc) is 2.62. The van der Waals surface area contributed by atoms with Gasteiger partial charge in [0.15, 0.2) is 0 Å². The number of hydrogen-bond donors (Lipinski definition) is 0. The zero-order chi connectivity index (χ0) is 18.3. The van der Waals surface area contributed by atoms with Crippen LogP contribution < -0.4 is 9.47 Å². The Morgan fingerprint density at radius 2 is 1.68 bits per heavy atom. The number of hydrogen-bond acceptors (Lipinski definition) is 4. The molecule has 0 bridgehead atoms. The number of nitrogens with zero attached hydrogens (tertiary/aromatic N) is 1. The van der Waals surface area contributed by atoms with Crippen molar-refractivity contribution in [2.75, 3.05) is 26.8 Å². The average molecular weight is 365 g/mol. The molecular formula is C18H20FNO4S. The van der Waals surface area contributed by atoms with Gasteiger partial charge in [-0.05, 0) is 48.5 Å². The molecule has 2 aromatic carbocycles. The summed E-state index contributed by atoms with van der Waals surface area (Å²) in [6.45, 7) is 4.03. The van der Waals surface area contributed by atoms with Gasteiger partial charge in [0.1, 0.15) is 23.9 Å². The summed E-state index contributed by atoms with van der Waals surface area (Å²) in [7, 11) is -2.17. The monoisotopic (exact) mass is 365 g/mol. The van der Waals surface area contributed by atoms with E-state index in [9.17, 15) is 12.8 Å². The smallest absolute Gasteiger partial charge is 0.243 e. The molecule has 0 saturated heterocycles. The largest absolute Gasteiger partial charge is 0.497 e. The van der Waals surface area contributed by atoms with Gasteiger partial charge in [0.25, 0.3) is 0 Å². The van der Waals surface area contributed by atoms with E-state index in [0.717, 1.165) is 0 Å². The van der Waals surface area contributed by atoms with Gasteiger partial charge in [-0.3, -0.25) is 0 Å². The van der Waals surface area contributed by atoms with Gasteiger partial charge in [-0.15, -0.1) is 6.58 Å². The quantitative estimate of drug-likeness (QED) is 0.641. The molecule has 0 spiro atoms. The molecule has 0 amide bonds. The maximum Gasteiger partial charge on any atom is 0.243 e. The van der Waals surface area contributed by atoms with Gasteiger partial charge in [0.05, 0.1) is 12.0 Å². The van der Waals surface area contributed by atoms with Gasteiger partial charge in [-0.1, -0.05) is 6.08 Å². The van der Waals surface area contributed by atoms with Crippen molar-refractivity contribution in [2.24, 2.45) is 0 Å². The zero-order valence-corrected chi connectivity index (χ0v) is 14.7. The highest BCUT2D eigenvalue weighted by Crippen LogP contribution is 2.19. The van der Waals surface area contributed by atoms with Crippen molar-refractivity contribution >= 4 is 10.0 Å². The first-order chi connectivity index (χ1) is 12.0. The maximum absolute atomic E-state index is 12.9. The van der Waals surface area contributed by atoms with Crippen LogP contribution in [-0.4, -0.2) is 39.5 Å². The normalized spacial score (nSPS) is 11.3. The minimum atomic E-state index is -3.68. The first-order valence-corrected chi connectivity index (χ1v) is 9.05. The molecule has 134 valence electrons. The van der Waals surface area contributed by atoms with Crippen LogP contribution in [-0.2, 0) is 10.0 Å². The van der Waals surface area contributed by atoms with Crippen LogP contribution in [0.5, 0.6) is 11.5 Å². The van der Waals surface area contributed by atoms with E-state index in [1.807, 2.05) is 0 Å². The Morgan fingerprint density at radius 3 is 2.24 bits per heavy atom. The molecule has 0 aliphatic heterocycles. The molecule has 2 aromatic rings. The molecule has 5 nitrogen and oxygen atoms in total. The highest BCUT2D eigenvalue weighted by atomic mass is 32.2. The molecule has 0 heterocycles. The lowest BCUT2D eigenvalue weighted by Crippen LogP contribution is -2.34. The minimum absolute atomic E-state index is 0.134. The van der Waals surface area contributed by atoms with Gasteiger partial charge >= 0.3 is 0 Å². The summed E-state index contributed by atoms with van der Waals surface area (Å²) in [4.78, 5) is 0.164. The van der Waals surface area contributed by atoms with E-state index in [0.29, 0.717) is 11.5 Å². The summed E-state index contributed by atoms with van der Waals surface area (Å²) in [5.74, 6) is 0.693. The Morgan fingerprint density at radius 1 is 1.08 bits per heavy atom. The third-order valence-electron chi connectivity index (χ3n) is 3.45. The third kappa shape index (κ3) is 5.04. The maximum atomic E-state index is 12.9. The van der Waals surface area contributed by atoms with E-state index in [2.05, 4.69) is 6.58 Å². The van der Waals surface area contributed by atoms with Crippen molar-refractivity contribution < 1.29 is 22.3 Å². The summed E-state index contributed by atoms with van der Waals surface area (Å²) in [6, 6.07) is 11.7. The number of sulfonamides is 1. The number of ether oxygens (including phenoxy) is 2. The lowest BCUT2D eigenvalue weighted by atomic mass is 10.3. The predicted molar refractivity (Wildman–Crippen MR) is 93.8 cm³/mol. The van der Waals surface area contributed by atoms with Crippen molar-refractivity contribution in [3.05, 3.63) is 67.0 Å². The Labute approximate surface area is 147 Å². The first kappa shape index (κ1) is 19.0. The molecule has 0 aliphatic carbocycles. The molecule has 0 atom stereocenters. The predicted octanol–water partition coefficient (Wildman–Crippen LogP) is 3.09. The molecule has 2 rings (SSSR count). The second-order valence-electron chi connectivity index (χ2n) is 5.13. The summed E-state index contributed by atoms with van der Waals surface area (Å²) >= 11 is 0. The van der Waals surface area contributed by atoms with Gasteiger partial charge < -0.3 is 9.47 Å². The van der Waals surface area contributed by atoms with Gasteiger partial charge in [-0.2, -0.15) is 4.31 Å². The fourth-order valence-corrected chi connectivity index (χ4v) is 3.54. The molecule has 0 saturated carbocycles. The second kappa shape index (κ2) is 8.64. The van der Waals surface area contributed by atoms with Crippen LogP contribution in [0, 0.1) is 5.82 Å². The van der Waals surface area contributed by atoms with E-state index in [-0.39, 0.29) is 30.4 Å². The number of halogens is 1. The Hall–Kier alpha value is -2.38. The van der Waals surface area contributed by atoms with Gasteiger partial charge in [0.2, 0.25) is 10.0 Å². The summed E-state index contributed by atoms with van der Waals surface area (Å²) in [6.07, 6.45) is 1.51. The highest BCUT2D eigenvalue weighted by Gasteiger charge is 2.23. The SMILES string of the molecule is C=CCN(CCOc1ccc(F)cc1)S(=O)(=O)c1ccc(OC)cc1. The van der Waals surface area contributed by atoms with Crippen LogP contribution in [0.15, 0.2) is 66.1 Å².